The Hall–Kier alpha value is -2.82. The van der Waals surface area contributed by atoms with Gasteiger partial charge in [0.2, 0.25) is 5.91 Å². The van der Waals surface area contributed by atoms with E-state index in [1.165, 1.54) is 16.9 Å². The van der Waals surface area contributed by atoms with Crippen molar-refractivity contribution in [3.8, 4) is 0 Å². The summed E-state index contributed by atoms with van der Waals surface area (Å²) in [5.41, 5.74) is 0.556. The highest BCUT2D eigenvalue weighted by Gasteiger charge is 2.26. The molecule has 0 aliphatic carbocycles. The number of morpholine rings is 1. The van der Waals surface area contributed by atoms with Gasteiger partial charge in [-0.2, -0.15) is 10.2 Å². The molecule has 3 heterocycles. The molecular formula is C17H22F2N6O3. The van der Waals surface area contributed by atoms with Crippen LogP contribution in [-0.4, -0.2) is 62.6 Å². The summed E-state index contributed by atoms with van der Waals surface area (Å²) in [7, 11) is 0. The van der Waals surface area contributed by atoms with Crippen molar-refractivity contribution in [1.29, 1.82) is 0 Å². The minimum Gasteiger partial charge on any atom is -0.378 e. The second-order valence-corrected chi connectivity index (χ2v) is 6.34. The molecule has 0 aromatic carbocycles. The van der Waals surface area contributed by atoms with E-state index >= 15 is 0 Å². The maximum absolute atomic E-state index is 13.1. The molecule has 2 aromatic rings. The van der Waals surface area contributed by atoms with E-state index in [0.717, 1.165) is 4.68 Å². The number of carbonyl (C=O) groups excluding carboxylic acids is 2. The average molecular weight is 396 g/mol. The standard InChI is InChI=1S/C17H22F2N6O3/c1-3-24-15(17(27)23-4-6-28-7-5-23)12(9-20-24)21-14(26)10-25-13(16(18)19)8-11(2)22-25/h8-9,16H,3-7,10H2,1-2H3,(H,21,26). The number of amides is 2. The molecule has 2 aromatic heterocycles. The highest BCUT2D eigenvalue weighted by molar-refractivity contribution is 6.02. The predicted octanol–water partition coefficient (Wildman–Crippen LogP) is 1.46. The highest BCUT2D eigenvalue weighted by Crippen LogP contribution is 2.21. The Labute approximate surface area is 160 Å². The van der Waals surface area contributed by atoms with Crippen LogP contribution in [-0.2, 0) is 22.6 Å². The van der Waals surface area contributed by atoms with E-state index < -0.39 is 18.9 Å². The van der Waals surface area contributed by atoms with E-state index in [0.29, 0.717) is 38.5 Å². The molecule has 1 saturated heterocycles. The lowest BCUT2D eigenvalue weighted by Crippen LogP contribution is -2.41. The molecule has 0 unspecified atom stereocenters. The lowest BCUT2D eigenvalue weighted by Gasteiger charge is -2.27. The smallest absolute Gasteiger partial charge is 0.280 e. The number of nitrogens with zero attached hydrogens (tertiary/aromatic N) is 5. The van der Waals surface area contributed by atoms with Gasteiger partial charge in [-0.1, -0.05) is 0 Å². The first-order chi connectivity index (χ1) is 13.4. The Balaban J connectivity index is 1.78. The molecule has 1 N–H and O–H groups in total. The molecule has 0 spiro atoms. The average Bonchev–Trinajstić information content (AvgIpc) is 3.24. The van der Waals surface area contributed by atoms with Crippen LogP contribution in [0.1, 0.15) is 35.2 Å². The molecular weight excluding hydrogens is 374 g/mol. The summed E-state index contributed by atoms with van der Waals surface area (Å²) < 4.78 is 33.9. The zero-order valence-corrected chi connectivity index (χ0v) is 15.7. The van der Waals surface area contributed by atoms with E-state index in [4.69, 9.17) is 4.74 Å². The first-order valence-corrected chi connectivity index (χ1v) is 8.95. The summed E-state index contributed by atoms with van der Waals surface area (Å²) in [6, 6.07) is 1.24. The topological polar surface area (TPSA) is 94.3 Å². The fourth-order valence-electron chi connectivity index (χ4n) is 3.05. The Morgan fingerprint density at radius 3 is 2.64 bits per heavy atom. The first-order valence-electron chi connectivity index (χ1n) is 8.95. The molecule has 1 aliphatic heterocycles. The predicted molar refractivity (Wildman–Crippen MR) is 95.2 cm³/mol. The van der Waals surface area contributed by atoms with E-state index in [9.17, 15) is 18.4 Å². The van der Waals surface area contributed by atoms with Crippen LogP contribution in [0.15, 0.2) is 12.3 Å². The van der Waals surface area contributed by atoms with Gasteiger partial charge in [-0.25, -0.2) is 8.78 Å². The maximum Gasteiger partial charge on any atom is 0.280 e. The molecule has 11 heteroatoms. The molecule has 3 rings (SSSR count). The van der Waals surface area contributed by atoms with Gasteiger partial charge in [-0.15, -0.1) is 0 Å². The largest absolute Gasteiger partial charge is 0.378 e. The third-order valence-corrected chi connectivity index (χ3v) is 4.36. The van der Waals surface area contributed by atoms with Crippen molar-refractivity contribution >= 4 is 17.5 Å². The third-order valence-electron chi connectivity index (χ3n) is 4.36. The Bertz CT molecular complexity index is 857. The monoisotopic (exact) mass is 396 g/mol. The van der Waals surface area contributed by atoms with Crippen molar-refractivity contribution in [2.24, 2.45) is 0 Å². The molecule has 152 valence electrons. The van der Waals surface area contributed by atoms with Crippen LogP contribution in [0.2, 0.25) is 0 Å². The maximum atomic E-state index is 13.1. The van der Waals surface area contributed by atoms with E-state index in [2.05, 4.69) is 15.5 Å². The Kier molecular flexibility index (Phi) is 6.02. The minimum absolute atomic E-state index is 0.241. The summed E-state index contributed by atoms with van der Waals surface area (Å²) in [6.07, 6.45) is -1.35. The Morgan fingerprint density at radius 1 is 1.29 bits per heavy atom. The molecule has 2 amide bonds. The van der Waals surface area contributed by atoms with Crippen molar-refractivity contribution < 1.29 is 23.1 Å². The van der Waals surface area contributed by atoms with Crippen LogP contribution in [0.3, 0.4) is 0 Å². The van der Waals surface area contributed by atoms with Crippen LogP contribution in [0.4, 0.5) is 14.5 Å². The number of ether oxygens (including phenoxy) is 1. The summed E-state index contributed by atoms with van der Waals surface area (Å²) in [4.78, 5) is 26.9. The van der Waals surface area contributed by atoms with Crippen LogP contribution in [0, 0.1) is 6.92 Å². The van der Waals surface area contributed by atoms with Crippen molar-refractivity contribution in [1.82, 2.24) is 24.5 Å². The van der Waals surface area contributed by atoms with E-state index in [1.54, 1.807) is 11.8 Å². The number of alkyl halides is 2. The molecule has 0 bridgehead atoms. The molecule has 1 aliphatic rings. The number of nitrogens with one attached hydrogen (secondary N) is 1. The number of aromatic nitrogens is 4. The van der Waals surface area contributed by atoms with E-state index in [-0.39, 0.29) is 23.0 Å². The number of hydrogen-bond donors (Lipinski definition) is 1. The zero-order chi connectivity index (χ0) is 20.3. The normalized spacial score (nSPS) is 14.5. The van der Waals surface area contributed by atoms with Crippen LogP contribution in [0.5, 0.6) is 0 Å². The van der Waals surface area contributed by atoms with Gasteiger partial charge in [0, 0.05) is 19.6 Å². The number of rotatable bonds is 6. The SMILES string of the molecule is CCn1ncc(NC(=O)Cn2nc(C)cc2C(F)F)c1C(=O)N1CCOCC1. The number of halogens is 2. The Morgan fingerprint density at radius 2 is 2.00 bits per heavy atom. The molecule has 9 nitrogen and oxygen atoms in total. The van der Waals surface area contributed by atoms with Crippen molar-refractivity contribution in [2.45, 2.75) is 33.4 Å². The van der Waals surface area contributed by atoms with Crippen molar-refractivity contribution in [3.63, 3.8) is 0 Å². The molecule has 1 fully saturated rings. The zero-order valence-electron chi connectivity index (χ0n) is 15.7. The fraction of sp³-hybridized carbons (Fsp3) is 0.529. The molecule has 28 heavy (non-hydrogen) atoms. The van der Waals surface area contributed by atoms with Gasteiger partial charge >= 0.3 is 0 Å². The number of anilines is 1. The van der Waals surface area contributed by atoms with Crippen molar-refractivity contribution in [3.05, 3.63) is 29.3 Å². The van der Waals surface area contributed by atoms with Crippen LogP contribution in [0.25, 0.3) is 0 Å². The third kappa shape index (κ3) is 4.19. The van der Waals surface area contributed by atoms with Gasteiger partial charge in [-0.05, 0) is 19.9 Å². The lowest BCUT2D eigenvalue weighted by atomic mass is 10.2. The van der Waals surface area contributed by atoms with Gasteiger partial charge in [0.1, 0.15) is 17.9 Å². The summed E-state index contributed by atoms with van der Waals surface area (Å²) in [5.74, 6) is -0.835. The summed E-state index contributed by atoms with van der Waals surface area (Å²) in [6.45, 7) is 5.24. The quantitative estimate of drug-likeness (QED) is 0.798. The number of carbonyl (C=O) groups is 2. The number of aryl methyl sites for hydroxylation is 2. The van der Waals surface area contributed by atoms with Gasteiger partial charge in [0.25, 0.3) is 12.3 Å². The van der Waals surface area contributed by atoms with Gasteiger partial charge in [-0.3, -0.25) is 19.0 Å². The molecule has 0 atom stereocenters. The second-order valence-electron chi connectivity index (χ2n) is 6.34. The van der Waals surface area contributed by atoms with Gasteiger partial charge in [0.05, 0.1) is 30.8 Å². The summed E-state index contributed by atoms with van der Waals surface area (Å²) >= 11 is 0. The van der Waals surface area contributed by atoms with Crippen LogP contribution >= 0.6 is 0 Å². The fourth-order valence-corrected chi connectivity index (χ4v) is 3.05. The summed E-state index contributed by atoms with van der Waals surface area (Å²) in [5, 5.41) is 10.7. The molecule has 0 saturated carbocycles. The van der Waals surface area contributed by atoms with Gasteiger partial charge < -0.3 is 15.0 Å². The highest BCUT2D eigenvalue weighted by atomic mass is 19.3. The van der Waals surface area contributed by atoms with Crippen molar-refractivity contribution in [2.75, 3.05) is 31.6 Å². The number of hydrogen-bond acceptors (Lipinski definition) is 5. The minimum atomic E-state index is -2.74. The second kappa shape index (κ2) is 8.46. The van der Waals surface area contributed by atoms with Crippen LogP contribution < -0.4 is 5.32 Å². The van der Waals surface area contributed by atoms with Gasteiger partial charge in [0.15, 0.2) is 0 Å². The lowest BCUT2D eigenvalue weighted by molar-refractivity contribution is -0.117. The first kappa shape index (κ1) is 19.9. The van der Waals surface area contributed by atoms with E-state index in [1.807, 2.05) is 6.92 Å². The molecule has 0 radical (unpaired) electrons.